The molecule has 2 N–H and O–H groups in total. The highest BCUT2D eigenvalue weighted by molar-refractivity contribution is 9.10. The first kappa shape index (κ1) is 25.2. The summed E-state index contributed by atoms with van der Waals surface area (Å²) in [6.45, 7) is 2.41. The lowest BCUT2D eigenvalue weighted by atomic mass is 10.1. The second kappa shape index (κ2) is 10.7. The topological polar surface area (TPSA) is 119 Å². The smallest absolute Gasteiger partial charge is 0.324 e. The number of aromatic nitrogens is 4. The van der Waals surface area contributed by atoms with Gasteiger partial charge in [-0.1, -0.05) is 34.0 Å². The summed E-state index contributed by atoms with van der Waals surface area (Å²) in [6.07, 6.45) is 6.99. The van der Waals surface area contributed by atoms with Crippen LogP contribution in [0.5, 0.6) is 0 Å². The van der Waals surface area contributed by atoms with E-state index in [4.69, 9.17) is 16.2 Å². The van der Waals surface area contributed by atoms with Gasteiger partial charge in [-0.3, -0.25) is 13.9 Å². The molecule has 2 heterocycles. The zero-order valence-corrected chi connectivity index (χ0v) is 20.8. The molecule has 33 heavy (non-hydrogen) atoms. The molecule has 3 rings (SSSR count). The molecular formula is C22H26BrN4O5P. The molecular weight excluding hydrogens is 511 g/mol. The maximum absolute atomic E-state index is 13.1. The Labute approximate surface area is 199 Å². The van der Waals surface area contributed by atoms with Gasteiger partial charge in [-0.05, 0) is 43.9 Å². The van der Waals surface area contributed by atoms with Crippen LogP contribution in [0.4, 0.5) is 0 Å². The molecule has 0 aliphatic rings. The minimum atomic E-state index is -4.12. The number of aryl methyl sites for hydroxylation is 4. The summed E-state index contributed by atoms with van der Waals surface area (Å²) in [7, 11) is -4.12. The Morgan fingerprint density at radius 3 is 2.39 bits per heavy atom. The molecule has 0 saturated heterocycles. The molecule has 0 unspecified atom stereocenters. The van der Waals surface area contributed by atoms with Gasteiger partial charge in [0.1, 0.15) is 5.82 Å². The molecule has 9 nitrogen and oxygen atoms in total. The van der Waals surface area contributed by atoms with E-state index in [0.717, 1.165) is 14.6 Å². The highest BCUT2D eigenvalue weighted by Gasteiger charge is 2.21. The second-order valence-electron chi connectivity index (χ2n) is 7.70. The van der Waals surface area contributed by atoms with Gasteiger partial charge < -0.3 is 14.4 Å². The third-order valence-electron chi connectivity index (χ3n) is 5.39. The molecule has 3 aromatic rings. The lowest BCUT2D eigenvalue weighted by Crippen LogP contribution is -2.40. The minimum Gasteiger partial charge on any atom is -0.324 e. The third-order valence-corrected chi connectivity index (χ3v) is 6.82. The SMILES string of the molecule is C#CCn1c(=O)c2c(nc(CCc3ccc(Br)cc3)n2CC)n(CCCCP(=O)(O)O)c1=O. The Balaban J connectivity index is 2.03. The zero-order chi connectivity index (χ0) is 24.2. The highest BCUT2D eigenvalue weighted by Crippen LogP contribution is 2.35. The number of unbranched alkanes of at least 4 members (excludes halogenated alkanes) is 1. The van der Waals surface area contributed by atoms with Gasteiger partial charge in [0.25, 0.3) is 5.56 Å². The molecule has 0 spiro atoms. The standard InChI is InChI=1S/C22H26BrN4O5P/c1-3-13-27-21(28)19-20(26(22(27)29)14-5-6-15-33(30,31)32)24-18(25(19)4-2)12-9-16-7-10-17(23)11-8-16/h1,7-8,10-11H,4-6,9,12-15H2,2H3,(H2,30,31,32). The van der Waals surface area contributed by atoms with Crippen LogP contribution in [0.3, 0.4) is 0 Å². The van der Waals surface area contributed by atoms with Crippen molar-refractivity contribution in [3.8, 4) is 12.3 Å². The molecule has 0 aliphatic heterocycles. The fourth-order valence-electron chi connectivity index (χ4n) is 3.79. The van der Waals surface area contributed by atoms with E-state index in [-0.39, 0.29) is 31.3 Å². The maximum Gasteiger partial charge on any atom is 0.333 e. The molecule has 2 aromatic heterocycles. The van der Waals surface area contributed by atoms with Crippen molar-refractivity contribution in [1.82, 2.24) is 18.7 Å². The lowest BCUT2D eigenvalue weighted by molar-refractivity contribution is 0.370. The van der Waals surface area contributed by atoms with Crippen molar-refractivity contribution in [2.75, 3.05) is 6.16 Å². The van der Waals surface area contributed by atoms with Crippen molar-refractivity contribution in [3.05, 3.63) is 61.0 Å². The summed E-state index contributed by atoms with van der Waals surface area (Å²) in [5.74, 6) is 3.04. The molecule has 0 amide bonds. The number of rotatable bonds is 10. The van der Waals surface area contributed by atoms with Crippen molar-refractivity contribution >= 4 is 34.7 Å². The van der Waals surface area contributed by atoms with Crippen LogP contribution in [-0.2, 0) is 37.0 Å². The lowest BCUT2D eigenvalue weighted by Gasteiger charge is -2.11. The van der Waals surface area contributed by atoms with Crippen LogP contribution in [0.25, 0.3) is 11.2 Å². The fraction of sp³-hybridized carbons (Fsp3) is 0.409. The van der Waals surface area contributed by atoms with Crippen molar-refractivity contribution in [2.24, 2.45) is 0 Å². The summed E-state index contributed by atoms with van der Waals surface area (Å²) in [6, 6.07) is 7.96. The highest BCUT2D eigenvalue weighted by atomic mass is 79.9. The van der Waals surface area contributed by atoms with Crippen molar-refractivity contribution in [2.45, 2.75) is 52.2 Å². The summed E-state index contributed by atoms with van der Waals surface area (Å²) in [4.78, 5) is 49.0. The van der Waals surface area contributed by atoms with Gasteiger partial charge >= 0.3 is 13.3 Å². The average Bonchev–Trinajstić information content (AvgIpc) is 3.13. The Hall–Kier alpha value is -2.44. The van der Waals surface area contributed by atoms with Crippen LogP contribution in [0.2, 0.25) is 0 Å². The Morgan fingerprint density at radius 2 is 1.79 bits per heavy atom. The maximum atomic E-state index is 13.1. The molecule has 0 atom stereocenters. The quantitative estimate of drug-likeness (QED) is 0.233. The zero-order valence-electron chi connectivity index (χ0n) is 18.3. The van der Waals surface area contributed by atoms with Gasteiger partial charge in [0.2, 0.25) is 0 Å². The number of halogens is 1. The van der Waals surface area contributed by atoms with Crippen molar-refractivity contribution < 1.29 is 14.4 Å². The van der Waals surface area contributed by atoms with Gasteiger partial charge in [-0.2, -0.15) is 0 Å². The molecule has 1 aromatic carbocycles. The summed E-state index contributed by atoms with van der Waals surface area (Å²) >= 11 is 3.42. The van der Waals surface area contributed by atoms with Crippen molar-refractivity contribution in [3.63, 3.8) is 0 Å². The molecule has 11 heteroatoms. The van der Waals surface area contributed by atoms with Gasteiger partial charge in [0.05, 0.1) is 6.54 Å². The number of fused-ring (bicyclic) bond motifs is 1. The summed E-state index contributed by atoms with van der Waals surface area (Å²) in [5, 5.41) is 0. The largest absolute Gasteiger partial charge is 0.333 e. The van der Waals surface area contributed by atoms with Crippen LogP contribution in [0.1, 0.15) is 31.2 Å². The Bertz CT molecular complexity index is 1340. The van der Waals surface area contributed by atoms with E-state index >= 15 is 0 Å². The average molecular weight is 537 g/mol. The number of hydrogen-bond acceptors (Lipinski definition) is 4. The van der Waals surface area contributed by atoms with Gasteiger partial charge in [-0.25, -0.2) is 14.3 Å². The summed E-state index contributed by atoms with van der Waals surface area (Å²) in [5.41, 5.74) is 0.660. The molecule has 176 valence electrons. The molecule has 0 fully saturated rings. The molecule has 0 radical (unpaired) electrons. The van der Waals surface area contributed by atoms with E-state index in [1.54, 1.807) is 0 Å². The Kier molecular flexibility index (Phi) is 8.14. The first-order valence-corrected chi connectivity index (χ1v) is 13.2. The predicted octanol–water partition coefficient (Wildman–Crippen LogP) is 2.52. The van der Waals surface area contributed by atoms with Gasteiger partial charge in [0.15, 0.2) is 11.2 Å². The first-order valence-electron chi connectivity index (χ1n) is 10.6. The number of imidazole rings is 1. The van der Waals surface area contributed by atoms with E-state index < -0.39 is 18.8 Å². The van der Waals surface area contributed by atoms with Gasteiger partial charge in [-0.15, -0.1) is 6.42 Å². The van der Waals surface area contributed by atoms with Crippen LogP contribution in [-0.4, -0.2) is 34.6 Å². The monoisotopic (exact) mass is 536 g/mol. The minimum absolute atomic E-state index is 0.167. The first-order chi connectivity index (χ1) is 15.7. The van der Waals surface area contributed by atoms with E-state index in [1.165, 1.54) is 4.57 Å². The van der Waals surface area contributed by atoms with E-state index in [2.05, 4.69) is 26.8 Å². The third kappa shape index (κ3) is 5.92. The number of terminal acetylenes is 1. The number of hydrogen-bond donors (Lipinski definition) is 2. The van der Waals surface area contributed by atoms with Crippen LogP contribution in [0.15, 0.2) is 38.3 Å². The molecule has 0 saturated carbocycles. The fourth-order valence-corrected chi connectivity index (χ4v) is 4.69. The second-order valence-corrected chi connectivity index (χ2v) is 10.4. The number of benzene rings is 1. The molecule has 0 aliphatic carbocycles. The summed E-state index contributed by atoms with van der Waals surface area (Å²) < 4.78 is 16.3. The van der Waals surface area contributed by atoms with Gasteiger partial charge in [0, 0.05) is 30.1 Å². The number of nitrogens with zero attached hydrogens (tertiary/aromatic N) is 4. The van der Waals surface area contributed by atoms with Crippen LogP contribution >= 0.6 is 23.5 Å². The Morgan fingerprint density at radius 1 is 1.09 bits per heavy atom. The van der Waals surface area contributed by atoms with Crippen LogP contribution < -0.4 is 11.2 Å². The van der Waals surface area contributed by atoms with E-state index in [0.29, 0.717) is 37.1 Å². The van der Waals surface area contributed by atoms with Crippen molar-refractivity contribution in [1.29, 1.82) is 0 Å². The van der Waals surface area contributed by atoms with E-state index in [9.17, 15) is 14.2 Å². The normalized spacial score (nSPS) is 11.7. The van der Waals surface area contributed by atoms with E-state index in [1.807, 2.05) is 35.8 Å². The predicted molar refractivity (Wildman–Crippen MR) is 130 cm³/mol. The molecule has 0 bridgehead atoms. The van der Waals surface area contributed by atoms with Crippen LogP contribution in [0, 0.1) is 12.3 Å².